The van der Waals surface area contributed by atoms with Crippen molar-refractivity contribution in [3.63, 3.8) is 0 Å². The van der Waals surface area contributed by atoms with Crippen LogP contribution >= 0.6 is 0 Å². The Morgan fingerprint density at radius 3 is 2.76 bits per heavy atom. The SMILES string of the molecule is Cc1cc2cc([C@@H](CC(=O)O)c3ccc(C)c(CN4C[C@@H]5CCCCN5c5ncccc5S4(=O)=O)c3)n(C)c2nn1. The third-order valence-electron chi connectivity index (χ3n) is 8.47. The first-order chi connectivity index (χ1) is 19.6. The highest BCUT2D eigenvalue weighted by molar-refractivity contribution is 7.89. The number of carboxylic acids is 1. The first-order valence-corrected chi connectivity index (χ1v) is 15.4. The fourth-order valence-corrected chi connectivity index (χ4v) is 7.92. The minimum Gasteiger partial charge on any atom is -0.481 e. The minimum atomic E-state index is -3.81. The maximum Gasteiger partial charge on any atom is 0.304 e. The summed E-state index contributed by atoms with van der Waals surface area (Å²) in [4.78, 5) is 18.9. The summed E-state index contributed by atoms with van der Waals surface area (Å²) in [7, 11) is -1.94. The van der Waals surface area contributed by atoms with Gasteiger partial charge in [-0.15, -0.1) is 5.10 Å². The Morgan fingerprint density at radius 2 is 1.95 bits per heavy atom. The Balaban J connectivity index is 1.40. The Kier molecular flexibility index (Phi) is 7.03. The van der Waals surface area contributed by atoms with Gasteiger partial charge in [0.25, 0.3) is 0 Å². The number of fused-ring (bicyclic) bond motifs is 4. The summed E-state index contributed by atoms with van der Waals surface area (Å²) in [5.74, 6) is -0.826. The molecule has 10 nitrogen and oxygen atoms in total. The molecule has 6 rings (SSSR count). The lowest BCUT2D eigenvalue weighted by molar-refractivity contribution is -0.137. The molecule has 0 spiro atoms. The number of aryl methyl sites for hydroxylation is 3. The van der Waals surface area contributed by atoms with E-state index < -0.39 is 21.9 Å². The minimum absolute atomic E-state index is 0.0540. The fraction of sp³-hybridized carbons (Fsp3) is 0.400. The van der Waals surface area contributed by atoms with Crippen LogP contribution in [0.2, 0.25) is 0 Å². The average molecular weight is 575 g/mol. The van der Waals surface area contributed by atoms with Gasteiger partial charge in [0.15, 0.2) is 5.65 Å². The number of pyridine rings is 1. The molecular formula is C30H34N6O4S. The lowest BCUT2D eigenvalue weighted by Crippen LogP contribution is -2.45. The van der Waals surface area contributed by atoms with Crippen molar-refractivity contribution in [2.45, 2.75) is 62.9 Å². The van der Waals surface area contributed by atoms with Crippen LogP contribution in [0.3, 0.4) is 0 Å². The van der Waals surface area contributed by atoms with Crippen molar-refractivity contribution >= 4 is 32.8 Å². The first kappa shape index (κ1) is 27.3. The van der Waals surface area contributed by atoms with Gasteiger partial charge in [0.1, 0.15) is 10.7 Å². The largest absolute Gasteiger partial charge is 0.481 e. The quantitative estimate of drug-likeness (QED) is 0.365. The van der Waals surface area contributed by atoms with Crippen LogP contribution < -0.4 is 4.90 Å². The number of nitrogens with zero attached hydrogens (tertiary/aromatic N) is 6. The summed E-state index contributed by atoms with van der Waals surface area (Å²) in [6.07, 6.45) is 4.52. The number of rotatable bonds is 6. The van der Waals surface area contributed by atoms with E-state index in [9.17, 15) is 18.3 Å². The third-order valence-corrected chi connectivity index (χ3v) is 10.3. The third kappa shape index (κ3) is 4.97. The summed E-state index contributed by atoms with van der Waals surface area (Å²) in [6, 6.07) is 13.2. The van der Waals surface area contributed by atoms with Gasteiger partial charge in [0.2, 0.25) is 10.0 Å². The normalized spacial score (nSPS) is 19.4. The predicted octanol–water partition coefficient (Wildman–Crippen LogP) is 4.15. The number of piperidine rings is 1. The van der Waals surface area contributed by atoms with Crippen LogP contribution in [0.4, 0.5) is 5.82 Å². The number of anilines is 1. The van der Waals surface area contributed by atoms with Crippen molar-refractivity contribution in [2.75, 3.05) is 18.0 Å². The average Bonchev–Trinajstić information content (AvgIpc) is 3.23. The smallest absolute Gasteiger partial charge is 0.304 e. The van der Waals surface area contributed by atoms with E-state index in [1.165, 1.54) is 0 Å². The van der Waals surface area contributed by atoms with Gasteiger partial charge in [0.05, 0.1) is 12.1 Å². The number of carboxylic acid groups (broad SMARTS) is 1. The molecule has 41 heavy (non-hydrogen) atoms. The summed E-state index contributed by atoms with van der Waals surface area (Å²) < 4.78 is 31.5. The molecule has 0 aliphatic carbocycles. The molecule has 214 valence electrons. The lowest BCUT2D eigenvalue weighted by atomic mass is 9.89. The maximum atomic E-state index is 14.0. The van der Waals surface area contributed by atoms with Crippen LogP contribution in [0.25, 0.3) is 11.0 Å². The van der Waals surface area contributed by atoms with Gasteiger partial charge >= 0.3 is 5.97 Å². The Morgan fingerprint density at radius 1 is 1.12 bits per heavy atom. The van der Waals surface area contributed by atoms with Crippen LogP contribution in [0.5, 0.6) is 0 Å². The van der Waals surface area contributed by atoms with Crippen molar-refractivity contribution in [3.05, 3.63) is 76.7 Å². The van der Waals surface area contributed by atoms with Crippen molar-refractivity contribution < 1.29 is 18.3 Å². The van der Waals surface area contributed by atoms with E-state index in [0.717, 1.165) is 59.3 Å². The molecule has 2 aliphatic heterocycles. The molecule has 0 unspecified atom stereocenters. The second kappa shape index (κ2) is 10.5. The number of sulfonamides is 1. The molecule has 5 heterocycles. The highest BCUT2D eigenvalue weighted by atomic mass is 32.2. The second-order valence-corrected chi connectivity index (χ2v) is 13.1. The zero-order valence-electron chi connectivity index (χ0n) is 23.5. The topological polar surface area (TPSA) is 122 Å². The van der Waals surface area contributed by atoms with Gasteiger partial charge in [-0.3, -0.25) is 4.79 Å². The summed E-state index contributed by atoms with van der Waals surface area (Å²) in [5, 5.41) is 19.3. The molecule has 4 aromatic rings. The number of aliphatic carboxylic acids is 1. The van der Waals surface area contributed by atoms with E-state index in [4.69, 9.17) is 0 Å². The van der Waals surface area contributed by atoms with Gasteiger partial charge in [-0.25, -0.2) is 13.4 Å². The fourth-order valence-electron chi connectivity index (χ4n) is 6.31. The van der Waals surface area contributed by atoms with Crippen LogP contribution in [-0.2, 0) is 28.4 Å². The van der Waals surface area contributed by atoms with E-state index in [2.05, 4.69) is 20.1 Å². The molecule has 2 aliphatic rings. The molecule has 2 atom stereocenters. The monoisotopic (exact) mass is 574 g/mol. The van der Waals surface area contributed by atoms with Gasteiger partial charge < -0.3 is 14.6 Å². The number of hydrogen-bond donors (Lipinski definition) is 1. The summed E-state index contributed by atoms with van der Waals surface area (Å²) >= 11 is 0. The van der Waals surface area contributed by atoms with E-state index in [1.54, 1.807) is 22.6 Å². The maximum absolute atomic E-state index is 14.0. The standard InChI is InChI=1S/C30H34N6O4S/c1-19-9-10-21(25(16-28(37)38)26-15-22-13-20(2)32-33-29(22)34(26)3)14-23(19)17-35-18-24-7-4-5-12-36(24)30-27(41(35,39)40)8-6-11-31-30/h6,8-11,13-15,24-25H,4-5,7,12,16-18H2,1-3H3,(H,37,38)/t24-,25-/m0/s1. The molecule has 11 heteroatoms. The van der Waals surface area contributed by atoms with Crippen LogP contribution in [-0.4, -0.2) is 62.7 Å². The molecular weight excluding hydrogens is 540 g/mol. The highest BCUT2D eigenvalue weighted by Gasteiger charge is 2.39. The van der Waals surface area contributed by atoms with Crippen molar-refractivity contribution in [2.24, 2.45) is 7.05 Å². The van der Waals surface area contributed by atoms with Crippen molar-refractivity contribution in [1.82, 2.24) is 24.1 Å². The predicted molar refractivity (Wildman–Crippen MR) is 155 cm³/mol. The van der Waals surface area contributed by atoms with Crippen molar-refractivity contribution in [3.8, 4) is 0 Å². The van der Waals surface area contributed by atoms with Gasteiger partial charge in [0, 0.05) is 55.9 Å². The molecule has 1 fully saturated rings. The molecule has 0 radical (unpaired) electrons. The number of hydrogen-bond acceptors (Lipinski definition) is 7. The van der Waals surface area contributed by atoms with E-state index >= 15 is 0 Å². The Hall–Kier alpha value is -3.83. The highest BCUT2D eigenvalue weighted by Crippen LogP contribution is 2.37. The second-order valence-electron chi connectivity index (χ2n) is 11.2. The zero-order chi connectivity index (χ0) is 28.9. The molecule has 3 aromatic heterocycles. The molecule has 1 saturated heterocycles. The number of benzene rings is 1. The number of aromatic nitrogens is 4. The van der Waals surface area contributed by atoms with Crippen LogP contribution in [0.15, 0.2) is 53.6 Å². The van der Waals surface area contributed by atoms with Crippen molar-refractivity contribution in [1.29, 1.82) is 0 Å². The van der Waals surface area contributed by atoms with Crippen LogP contribution in [0, 0.1) is 13.8 Å². The van der Waals surface area contributed by atoms with Gasteiger partial charge in [-0.05, 0) is 74.1 Å². The van der Waals surface area contributed by atoms with Crippen LogP contribution in [0.1, 0.15) is 59.7 Å². The molecule has 0 saturated carbocycles. The van der Waals surface area contributed by atoms with E-state index in [-0.39, 0.29) is 23.9 Å². The van der Waals surface area contributed by atoms with E-state index in [0.29, 0.717) is 18.0 Å². The zero-order valence-corrected chi connectivity index (χ0v) is 24.3. The molecule has 1 aromatic carbocycles. The van der Waals surface area contributed by atoms with E-state index in [1.807, 2.05) is 55.8 Å². The molecule has 0 amide bonds. The Bertz CT molecular complexity index is 1750. The molecule has 0 bridgehead atoms. The molecule has 1 N–H and O–H groups in total. The van der Waals surface area contributed by atoms with Gasteiger partial charge in [-0.1, -0.05) is 18.2 Å². The summed E-state index contributed by atoms with van der Waals surface area (Å²) in [6.45, 7) is 5.20. The lowest BCUT2D eigenvalue weighted by Gasteiger charge is -2.36. The summed E-state index contributed by atoms with van der Waals surface area (Å²) in [5.41, 5.74) is 4.91. The number of carbonyl (C=O) groups is 1. The Labute approximate surface area is 239 Å². The van der Waals surface area contributed by atoms with Gasteiger partial charge in [-0.2, -0.15) is 9.40 Å². The first-order valence-electron chi connectivity index (χ1n) is 14.0.